The molecule has 0 radical (unpaired) electrons. The summed E-state index contributed by atoms with van der Waals surface area (Å²) in [4.78, 5) is 24.6. The fourth-order valence-corrected chi connectivity index (χ4v) is 2.90. The quantitative estimate of drug-likeness (QED) is 0.588. The van der Waals surface area contributed by atoms with Crippen LogP contribution in [0.1, 0.15) is 28.8 Å². The number of likely N-dealkylation sites (tertiary alicyclic amines) is 1. The van der Waals surface area contributed by atoms with Crippen LogP contribution in [0.15, 0.2) is 24.3 Å². The molecule has 1 aliphatic rings. The number of nitriles is 1. The minimum Gasteiger partial charge on any atom is -0.465 e. The number of hydrogen-bond acceptors (Lipinski definition) is 3. The molecule has 1 aliphatic heterocycles. The first-order valence-corrected chi connectivity index (χ1v) is 8.39. The third kappa shape index (κ3) is 3.68. The van der Waals surface area contributed by atoms with Gasteiger partial charge in [-0.25, -0.2) is 4.79 Å². The highest BCUT2D eigenvalue weighted by molar-refractivity contribution is 14.1. The van der Waals surface area contributed by atoms with Gasteiger partial charge in [-0.05, 0) is 17.7 Å². The summed E-state index contributed by atoms with van der Waals surface area (Å²) in [5.41, 5.74) is 0.563. The van der Waals surface area contributed by atoms with E-state index in [9.17, 15) is 14.9 Å². The smallest absolute Gasteiger partial charge is 0.407 e. The predicted octanol–water partition coefficient (Wildman–Crippen LogP) is 2.39. The standard InChI is InChI=1S/C15H16IN3O3/c16-9-11-2-1-3-12(8-11)13(20)18-15(10-17)4-6-19(7-5-15)14(21)22/h1-3,8H,4-7,9H2,(H,18,20)(H,21,22). The van der Waals surface area contributed by atoms with Crippen molar-refractivity contribution in [3.63, 3.8) is 0 Å². The molecule has 7 heteroatoms. The summed E-state index contributed by atoms with van der Waals surface area (Å²) in [7, 11) is 0. The number of carbonyl (C=O) groups excluding carboxylic acids is 1. The van der Waals surface area contributed by atoms with Crippen molar-refractivity contribution in [1.82, 2.24) is 10.2 Å². The SMILES string of the molecule is N#CC1(NC(=O)c2cccc(CI)c2)CCN(C(=O)O)CC1. The lowest BCUT2D eigenvalue weighted by molar-refractivity contribution is 0.0862. The third-order valence-corrected chi connectivity index (χ3v) is 4.68. The van der Waals surface area contributed by atoms with Crippen LogP contribution in [0.25, 0.3) is 0 Å². The van der Waals surface area contributed by atoms with Crippen molar-refractivity contribution < 1.29 is 14.7 Å². The number of amides is 2. The van der Waals surface area contributed by atoms with Gasteiger partial charge in [0, 0.05) is 35.9 Å². The summed E-state index contributed by atoms with van der Waals surface area (Å²) >= 11 is 2.22. The summed E-state index contributed by atoms with van der Waals surface area (Å²) in [5.74, 6) is -0.294. The van der Waals surface area contributed by atoms with E-state index in [4.69, 9.17) is 5.11 Å². The average molecular weight is 413 g/mol. The highest BCUT2D eigenvalue weighted by atomic mass is 127. The number of halogens is 1. The molecular weight excluding hydrogens is 397 g/mol. The normalized spacial score (nSPS) is 16.6. The maximum atomic E-state index is 12.4. The molecule has 22 heavy (non-hydrogen) atoms. The van der Waals surface area contributed by atoms with Crippen LogP contribution in [0, 0.1) is 11.3 Å². The number of rotatable bonds is 3. The summed E-state index contributed by atoms with van der Waals surface area (Å²) in [6, 6.07) is 9.42. The Morgan fingerprint density at radius 3 is 2.64 bits per heavy atom. The molecule has 1 aromatic carbocycles. The Morgan fingerprint density at radius 1 is 1.41 bits per heavy atom. The number of alkyl halides is 1. The molecule has 0 saturated carbocycles. The van der Waals surface area contributed by atoms with Gasteiger partial charge in [0.15, 0.2) is 0 Å². The van der Waals surface area contributed by atoms with Crippen molar-refractivity contribution in [2.75, 3.05) is 13.1 Å². The number of carbonyl (C=O) groups is 2. The number of carboxylic acid groups (broad SMARTS) is 1. The first-order chi connectivity index (χ1) is 10.5. The number of nitrogens with zero attached hydrogens (tertiary/aromatic N) is 2. The zero-order chi connectivity index (χ0) is 16.2. The number of hydrogen-bond donors (Lipinski definition) is 2. The maximum absolute atomic E-state index is 12.4. The summed E-state index contributed by atoms with van der Waals surface area (Å²) in [6.07, 6.45) is -0.395. The van der Waals surface area contributed by atoms with Gasteiger partial charge in [-0.15, -0.1) is 0 Å². The summed E-state index contributed by atoms with van der Waals surface area (Å²) < 4.78 is 0.801. The van der Waals surface area contributed by atoms with E-state index >= 15 is 0 Å². The average Bonchev–Trinajstić information content (AvgIpc) is 2.55. The largest absolute Gasteiger partial charge is 0.465 e. The minimum absolute atomic E-state index is 0.247. The zero-order valence-corrected chi connectivity index (χ0v) is 14.0. The molecule has 0 bridgehead atoms. The molecule has 2 amide bonds. The van der Waals surface area contributed by atoms with Crippen LogP contribution in [-0.2, 0) is 4.43 Å². The molecule has 1 saturated heterocycles. The number of benzene rings is 1. The molecule has 116 valence electrons. The Labute approximate surface area is 142 Å². The van der Waals surface area contributed by atoms with Gasteiger partial charge < -0.3 is 15.3 Å². The van der Waals surface area contributed by atoms with E-state index in [1.807, 2.05) is 12.1 Å². The van der Waals surface area contributed by atoms with Gasteiger partial charge in [-0.2, -0.15) is 5.26 Å². The van der Waals surface area contributed by atoms with Gasteiger partial charge in [0.2, 0.25) is 0 Å². The lowest BCUT2D eigenvalue weighted by Crippen LogP contribution is -2.55. The van der Waals surface area contributed by atoms with E-state index in [1.54, 1.807) is 12.1 Å². The minimum atomic E-state index is -0.997. The second kappa shape index (κ2) is 6.96. The van der Waals surface area contributed by atoms with Crippen LogP contribution >= 0.6 is 22.6 Å². The molecule has 2 N–H and O–H groups in total. The molecule has 1 fully saturated rings. The number of piperidine rings is 1. The summed E-state index contributed by atoms with van der Waals surface area (Å²) in [5, 5.41) is 21.2. The molecule has 1 heterocycles. The number of nitrogens with one attached hydrogen (secondary N) is 1. The Kier molecular flexibility index (Phi) is 5.24. The monoisotopic (exact) mass is 413 g/mol. The first-order valence-electron chi connectivity index (χ1n) is 6.86. The fourth-order valence-electron chi connectivity index (χ4n) is 2.43. The molecule has 2 rings (SSSR count). The second-order valence-corrected chi connectivity index (χ2v) is 6.01. The third-order valence-electron chi connectivity index (χ3n) is 3.80. The molecule has 0 atom stereocenters. The van der Waals surface area contributed by atoms with Crippen LogP contribution in [0.5, 0.6) is 0 Å². The van der Waals surface area contributed by atoms with Crippen molar-refractivity contribution in [3.8, 4) is 6.07 Å². The van der Waals surface area contributed by atoms with E-state index in [0.29, 0.717) is 18.4 Å². The van der Waals surface area contributed by atoms with Crippen molar-refractivity contribution in [1.29, 1.82) is 5.26 Å². The first kappa shape index (κ1) is 16.5. The molecule has 6 nitrogen and oxygen atoms in total. The van der Waals surface area contributed by atoms with Crippen LogP contribution in [0.4, 0.5) is 4.79 Å². The van der Waals surface area contributed by atoms with Gasteiger partial charge in [0.25, 0.3) is 5.91 Å². The predicted molar refractivity (Wildman–Crippen MR) is 88.8 cm³/mol. The van der Waals surface area contributed by atoms with Crippen LogP contribution in [0.2, 0.25) is 0 Å². The van der Waals surface area contributed by atoms with Crippen LogP contribution in [-0.4, -0.2) is 40.6 Å². The molecule has 1 aromatic rings. The van der Waals surface area contributed by atoms with Gasteiger partial charge >= 0.3 is 6.09 Å². The molecule has 0 aliphatic carbocycles. The van der Waals surface area contributed by atoms with E-state index in [1.165, 1.54) is 4.90 Å². The van der Waals surface area contributed by atoms with Gasteiger partial charge in [-0.1, -0.05) is 34.7 Å². The molecule has 0 unspecified atom stereocenters. The topological polar surface area (TPSA) is 93.4 Å². The highest BCUT2D eigenvalue weighted by Gasteiger charge is 2.37. The lowest BCUT2D eigenvalue weighted by Gasteiger charge is -2.36. The van der Waals surface area contributed by atoms with E-state index in [-0.39, 0.29) is 19.0 Å². The summed E-state index contributed by atoms with van der Waals surface area (Å²) in [6.45, 7) is 0.494. The Bertz CT molecular complexity index is 619. The highest BCUT2D eigenvalue weighted by Crippen LogP contribution is 2.22. The lowest BCUT2D eigenvalue weighted by atomic mass is 9.88. The van der Waals surface area contributed by atoms with E-state index < -0.39 is 11.6 Å². The van der Waals surface area contributed by atoms with Gasteiger partial charge in [0.05, 0.1) is 6.07 Å². The Hall–Kier alpha value is -1.82. The van der Waals surface area contributed by atoms with Crippen molar-refractivity contribution in [2.45, 2.75) is 22.8 Å². The Morgan fingerprint density at radius 2 is 2.09 bits per heavy atom. The molecular formula is C15H16IN3O3. The Balaban J connectivity index is 2.09. The van der Waals surface area contributed by atoms with Gasteiger partial charge in [-0.3, -0.25) is 4.79 Å². The van der Waals surface area contributed by atoms with Gasteiger partial charge in [0.1, 0.15) is 5.54 Å². The van der Waals surface area contributed by atoms with Crippen molar-refractivity contribution in [2.24, 2.45) is 0 Å². The van der Waals surface area contributed by atoms with E-state index in [2.05, 4.69) is 34.0 Å². The fraction of sp³-hybridized carbons (Fsp3) is 0.400. The van der Waals surface area contributed by atoms with Crippen molar-refractivity contribution in [3.05, 3.63) is 35.4 Å². The molecule has 0 spiro atoms. The van der Waals surface area contributed by atoms with Crippen LogP contribution in [0.3, 0.4) is 0 Å². The van der Waals surface area contributed by atoms with E-state index in [0.717, 1.165) is 9.99 Å². The van der Waals surface area contributed by atoms with Crippen LogP contribution < -0.4 is 5.32 Å². The second-order valence-electron chi connectivity index (χ2n) is 5.25. The van der Waals surface area contributed by atoms with Crippen molar-refractivity contribution >= 4 is 34.6 Å². The molecule has 0 aromatic heterocycles. The zero-order valence-electron chi connectivity index (χ0n) is 11.9. The maximum Gasteiger partial charge on any atom is 0.407 e.